The summed E-state index contributed by atoms with van der Waals surface area (Å²) in [5.41, 5.74) is 1.40. The van der Waals surface area contributed by atoms with Crippen LogP contribution in [0.1, 0.15) is 18.9 Å². The molecule has 14 heavy (non-hydrogen) atoms. The normalized spacial score (nSPS) is 10.7. The molecule has 1 aromatic heterocycles. The van der Waals surface area contributed by atoms with Gasteiger partial charge in [0.25, 0.3) is 0 Å². The molecule has 0 aliphatic rings. The highest BCUT2D eigenvalue weighted by Gasteiger charge is 1.95. The highest BCUT2D eigenvalue weighted by molar-refractivity contribution is 14.1. The fraction of sp³-hybridized carbons (Fsp3) is 0.600. The molecule has 1 rings (SSSR count). The van der Waals surface area contributed by atoms with Crippen LogP contribution in [0, 0.1) is 2.88 Å². The van der Waals surface area contributed by atoms with Gasteiger partial charge in [-0.1, -0.05) is 6.92 Å². The maximum absolute atomic E-state index is 3.41. The van der Waals surface area contributed by atoms with E-state index in [9.17, 15) is 0 Å². The molecule has 0 aliphatic heterocycles. The first-order valence-corrected chi connectivity index (χ1v) is 6.93. The molecule has 4 heteroatoms. The predicted octanol–water partition coefficient (Wildman–Crippen LogP) is 2.44. The number of nitrogens with one attached hydrogen (secondary N) is 2. The van der Waals surface area contributed by atoms with Crippen LogP contribution in [0.25, 0.3) is 0 Å². The molecule has 0 spiro atoms. The molecule has 0 radical (unpaired) electrons. The highest BCUT2D eigenvalue weighted by Crippen LogP contribution is 2.15. The third-order valence-electron chi connectivity index (χ3n) is 1.86. The first-order valence-electron chi connectivity index (χ1n) is 4.97. The Kier molecular flexibility index (Phi) is 6.76. The van der Waals surface area contributed by atoms with Crippen molar-refractivity contribution in [3.63, 3.8) is 0 Å². The van der Waals surface area contributed by atoms with Crippen LogP contribution in [-0.4, -0.2) is 19.6 Å². The fourth-order valence-electron chi connectivity index (χ4n) is 1.15. The first-order chi connectivity index (χ1) is 6.83. The maximum Gasteiger partial charge on any atom is 0.0656 e. The summed E-state index contributed by atoms with van der Waals surface area (Å²) in [7, 11) is 0. The van der Waals surface area contributed by atoms with Crippen molar-refractivity contribution in [3.8, 4) is 0 Å². The van der Waals surface area contributed by atoms with E-state index < -0.39 is 0 Å². The SMILES string of the molecule is CCCNCCNCc1csc(I)c1. The van der Waals surface area contributed by atoms with Gasteiger partial charge in [-0.2, -0.15) is 0 Å². The zero-order valence-electron chi connectivity index (χ0n) is 8.48. The van der Waals surface area contributed by atoms with Crippen molar-refractivity contribution in [2.24, 2.45) is 0 Å². The molecule has 2 nitrogen and oxygen atoms in total. The first kappa shape index (κ1) is 12.4. The molecule has 2 N–H and O–H groups in total. The Balaban J connectivity index is 1.99. The van der Waals surface area contributed by atoms with Crippen molar-refractivity contribution < 1.29 is 0 Å². The monoisotopic (exact) mass is 324 g/mol. The minimum atomic E-state index is 0.993. The third-order valence-corrected chi connectivity index (χ3v) is 3.69. The van der Waals surface area contributed by atoms with Crippen molar-refractivity contribution in [2.45, 2.75) is 19.9 Å². The summed E-state index contributed by atoms with van der Waals surface area (Å²) in [6.07, 6.45) is 1.21. The number of hydrogen-bond donors (Lipinski definition) is 2. The third kappa shape index (κ3) is 5.29. The van der Waals surface area contributed by atoms with Gasteiger partial charge in [0.1, 0.15) is 0 Å². The molecule has 0 aromatic carbocycles. The number of thiophene rings is 1. The molecule has 1 heterocycles. The Bertz CT molecular complexity index is 250. The lowest BCUT2D eigenvalue weighted by molar-refractivity contribution is 0.607. The van der Waals surface area contributed by atoms with Gasteiger partial charge >= 0.3 is 0 Å². The molecular formula is C10H17IN2S. The van der Waals surface area contributed by atoms with Gasteiger partial charge in [-0.05, 0) is 52.6 Å². The van der Waals surface area contributed by atoms with E-state index in [1.165, 1.54) is 14.9 Å². The zero-order chi connectivity index (χ0) is 10.2. The van der Waals surface area contributed by atoms with Crippen LogP contribution in [-0.2, 0) is 6.54 Å². The van der Waals surface area contributed by atoms with Crippen molar-refractivity contribution in [1.82, 2.24) is 10.6 Å². The number of rotatable bonds is 7. The Hall–Kier alpha value is 0.350. The quantitative estimate of drug-likeness (QED) is 0.595. The molecule has 1 aromatic rings. The maximum atomic E-state index is 3.41. The molecule has 80 valence electrons. The van der Waals surface area contributed by atoms with Crippen LogP contribution < -0.4 is 10.6 Å². The van der Waals surface area contributed by atoms with Gasteiger partial charge in [0.15, 0.2) is 0 Å². The van der Waals surface area contributed by atoms with Gasteiger partial charge in [0.05, 0.1) is 2.88 Å². The summed E-state index contributed by atoms with van der Waals surface area (Å²) in [5, 5.41) is 9.00. The fourth-order valence-corrected chi connectivity index (χ4v) is 2.57. The van der Waals surface area contributed by atoms with Crippen molar-refractivity contribution in [1.29, 1.82) is 0 Å². The Morgan fingerprint density at radius 2 is 2.07 bits per heavy atom. The lowest BCUT2D eigenvalue weighted by Gasteiger charge is -2.04. The van der Waals surface area contributed by atoms with Crippen molar-refractivity contribution in [2.75, 3.05) is 19.6 Å². The molecule has 0 bridgehead atoms. The molecule has 0 atom stereocenters. The van der Waals surface area contributed by atoms with Gasteiger partial charge in [0, 0.05) is 19.6 Å². The molecule has 0 fully saturated rings. The second kappa shape index (κ2) is 7.62. The minimum Gasteiger partial charge on any atom is -0.315 e. The van der Waals surface area contributed by atoms with Gasteiger partial charge in [-0.25, -0.2) is 0 Å². The molecule has 0 amide bonds. The van der Waals surface area contributed by atoms with E-state index in [1.54, 1.807) is 0 Å². The summed E-state index contributed by atoms with van der Waals surface area (Å²) in [4.78, 5) is 0. The van der Waals surface area contributed by atoms with Crippen LogP contribution in [0.4, 0.5) is 0 Å². The number of halogens is 1. The second-order valence-electron chi connectivity index (χ2n) is 3.19. The molecule has 0 aliphatic carbocycles. The van der Waals surface area contributed by atoms with Crippen molar-refractivity contribution in [3.05, 3.63) is 19.9 Å². The van der Waals surface area contributed by atoms with Crippen LogP contribution in [0.5, 0.6) is 0 Å². The van der Waals surface area contributed by atoms with Crippen LogP contribution in [0.3, 0.4) is 0 Å². The largest absolute Gasteiger partial charge is 0.315 e. The summed E-state index contributed by atoms with van der Waals surface area (Å²) < 4.78 is 1.36. The zero-order valence-corrected chi connectivity index (χ0v) is 11.5. The minimum absolute atomic E-state index is 0.993. The smallest absolute Gasteiger partial charge is 0.0656 e. The van der Waals surface area contributed by atoms with E-state index in [-0.39, 0.29) is 0 Å². The standard InChI is InChI=1S/C10H17IN2S/c1-2-3-12-4-5-13-7-9-6-10(11)14-8-9/h6,8,12-13H,2-5,7H2,1H3. The van der Waals surface area contributed by atoms with E-state index >= 15 is 0 Å². The average Bonchev–Trinajstić information content (AvgIpc) is 2.58. The van der Waals surface area contributed by atoms with E-state index in [1.807, 2.05) is 11.3 Å². The topological polar surface area (TPSA) is 24.1 Å². The van der Waals surface area contributed by atoms with Crippen LogP contribution >= 0.6 is 33.9 Å². The van der Waals surface area contributed by atoms with Gasteiger partial charge in [0.2, 0.25) is 0 Å². The van der Waals surface area contributed by atoms with Crippen LogP contribution in [0.15, 0.2) is 11.4 Å². The predicted molar refractivity (Wildman–Crippen MR) is 71.9 cm³/mol. The van der Waals surface area contributed by atoms with Gasteiger partial charge in [-0.15, -0.1) is 11.3 Å². The molecule has 0 unspecified atom stereocenters. The van der Waals surface area contributed by atoms with E-state index in [0.29, 0.717) is 0 Å². The number of hydrogen-bond acceptors (Lipinski definition) is 3. The highest BCUT2D eigenvalue weighted by atomic mass is 127. The lowest BCUT2D eigenvalue weighted by Crippen LogP contribution is -2.27. The lowest BCUT2D eigenvalue weighted by atomic mass is 10.3. The summed E-state index contributed by atoms with van der Waals surface area (Å²) in [5.74, 6) is 0. The molecule has 0 saturated carbocycles. The van der Waals surface area contributed by atoms with Crippen molar-refractivity contribution >= 4 is 33.9 Å². The Morgan fingerprint density at radius 3 is 2.71 bits per heavy atom. The van der Waals surface area contributed by atoms with Crippen LogP contribution in [0.2, 0.25) is 0 Å². The summed E-state index contributed by atoms with van der Waals surface area (Å²) in [6.45, 7) is 6.42. The van der Waals surface area contributed by atoms with Gasteiger partial charge in [-0.3, -0.25) is 0 Å². The summed E-state index contributed by atoms with van der Waals surface area (Å²) in [6, 6.07) is 2.23. The van der Waals surface area contributed by atoms with E-state index in [4.69, 9.17) is 0 Å². The average molecular weight is 324 g/mol. The Morgan fingerprint density at radius 1 is 1.29 bits per heavy atom. The van der Waals surface area contributed by atoms with Gasteiger partial charge < -0.3 is 10.6 Å². The molecular weight excluding hydrogens is 307 g/mol. The molecule has 0 saturated heterocycles. The van der Waals surface area contributed by atoms with E-state index in [2.05, 4.69) is 51.6 Å². The summed E-state index contributed by atoms with van der Waals surface area (Å²) >= 11 is 4.17. The second-order valence-corrected chi connectivity index (χ2v) is 5.99. The Labute approximate surface area is 104 Å². The van der Waals surface area contributed by atoms with E-state index in [0.717, 1.165) is 26.2 Å².